The Balaban J connectivity index is 1.78. The van der Waals surface area contributed by atoms with E-state index in [0.717, 1.165) is 35.5 Å². The molecule has 1 aliphatic heterocycles. The summed E-state index contributed by atoms with van der Waals surface area (Å²) in [5.41, 5.74) is 2.96. The number of piperidine rings is 1. The van der Waals surface area contributed by atoms with Crippen LogP contribution in [0, 0.1) is 13.8 Å². The van der Waals surface area contributed by atoms with E-state index in [1.807, 2.05) is 6.92 Å². The van der Waals surface area contributed by atoms with Crippen molar-refractivity contribution >= 4 is 16.9 Å². The summed E-state index contributed by atoms with van der Waals surface area (Å²) in [6, 6.07) is 2.66. The third-order valence-corrected chi connectivity index (χ3v) is 4.81. The molecule has 1 fully saturated rings. The fourth-order valence-electron chi connectivity index (χ4n) is 3.57. The summed E-state index contributed by atoms with van der Waals surface area (Å²) in [6.45, 7) is 9.76. The zero-order valence-electron chi connectivity index (χ0n) is 14.5. The summed E-state index contributed by atoms with van der Waals surface area (Å²) < 4.78 is 0. The van der Waals surface area contributed by atoms with Gasteiger partial charge in [-0.05, 0) is 57.8 Å². The van der Waals surface area contributed by atoms with Crippen molar-refractivity contribution in [1.29, 1.82) is 0 Å². The van der Waals surface area contributed by atoms with Crippen molar-refractivity contribution < 1.29 is 0 Å². The third kappa shape index (κ3) is 3.61. The van der Waals surface area contributed by atoms with Crippen LogP contribution < -0.4 is 5.32 Å². The third-order valence-electron chi connectivity index (χ3n) is 4.81. The van der Waals surface area contributed by atoms with Crippen LogP contribution >= 0.6 is 0 Å². The second-order valence-electron chi connectivity index (χ2n) is 6.54. The fourth-order valence-corrected chi connectivity index (χ4v) is 3.57. The van der Waals surface area contributed by atoms with Crippen LogP contribution in [0.4, 0.5) is 5.82 Å². The number of likely N-dealkylation sites (tertiary alicyclic amines) is 1. The molecule has 0 amide bonds. The van der Waals surface area contributed by atoms with Gasteiger partial charge in [-0.2, -0.15) is 0 Å². The number of nitrogens with one attached hydrogen (secondary N) is 1. The lowest BCUT2D eigenvalue weighted by atomic mass is 10.1. The molecule has 0 bridgehead atoms. The highest BCUT2D eigenvalue weighted by molar-refractivity contribution is 5.89. The van der Waals surface area contributed by atoms with Gasteiger partial charge in [0.25, 0.3) is 0 Å². The molecule has 1 N–H and O–H groups in total. The fraction of sp³-hybridized carbons (Fsp3) is 0.611. The number of hydrogen-bond acceptors (Lipinski definition) is 5. The molecule has 1 unspecified atom stereocenters. The quantitative estimate of drug-likeness (QED) is 0.917. The van der Waals surface area contributed by atoms with Gasteiger partial charge in [0.1, 0.15) is 12.1 Å². The van der Waals surface area contributed by atoms with Crippen LogP contribution in [0.5, 0.6) is 0 Å². The summed E-state index contributed by atoms with van der Waals surface area (Å²) in [5.74, 6) is 0.912. The minimum Gasteiger partial charge on any atom is -0.368 e. The highest BCUT2D eigenvalue weighted by atomic mass is 15.2. The average Bonchev–Trinajstić information content (AvgIpc) is 2.56. The summed E-state index contributed by atoms with van der Waals surface area (Å²) in [6.07, 6.45) is 6.80. The van der Waals surface area contributed by atoms with Gasteiger partial charge in [0.05, 0.1) is 5.39 Å². The Labute approximate surface area is 138 Å². The van der Waals surface area contributed by atoms with Crippen LogP contribution in [0.2, 0.25) is 0 Å². The van der Waals surface area contributed by atoms with E-state index in [1.54, 1.807) is 6.33 Å². The van der Waals surface area contributed by atoms with E-state index in [0.29, 0.717) is 6.04 Å². The monoisotopic (exact) mass is 313 g/mol. The number of pyridine rings is 1. The normalized spacial score (nSPS) is 17.3. The summed E-state index contributed by atoms with van der Waals surface area (Å²) in [7, 11) is 0. The molecule has 0 spiro atoms. The van der Waals surface area contributed by atoms with Crippen molar-refractivity contribution in [3.05, 3.63) is 23.7 Å². The number of anilines is 1. The van der Waals surface area contributed by atoms with Crippen LogP contribution in [-0.2, 0) is 0 Å². The molecule has 0 radical (unpaired) electrons. The van der Waals surface area contributed by atoms with Gasteiger partial charge in [0.2, 0.25) is 0 Å². The smallest absolute Gasteiger partial charge is 0.165 e. The Kier molecular flexibility index (Phi) is 5.06. The van der Waals surface area contributed by atoms with E-state index < -0.39 is 0 Å². The molecule has 1 aliphatic rings. The molecule has 3 rings (SSSR count). The first kappa shape index (κ1) is 16.1. The molecule has 0 aliphatic carbocycles. The number of hydrogen-bond donors (Lipinski definition) is 1. The molecule has 2 aromatic heterocycles. The van der Waals surface area contributed by atoms with Crippen molar-refractivity contribution in [2.75, 3.05) is 25.0 Å². The molecule has 124 valence electrons. The van der Waals surface area contributed by atoms with E-state index in [1.165, 1.54) is 37.9 Å². The minimum atomic E-state index is 0.569. The van der Waals surface area contributed by atoms with E-state index in [2.05, 4.69) is 45.1 Å². The summed E-state index contributed by atoms with van der Waals surface area (Å²) in [5, 5.41) is 4.61. The van der Waals surface area contributed by atoms with Crippen molar-refractivity contribution in [3.63, 3.8) is 0 Å². The zero-order chi connectivity index (χ0) is 16.2. The van der Waals surface area contributed by atoms with Gasteiger partial charge in [-0.15, -0.1) is 0 Å². The van der Waals surface area contributed by atoms with Crippen LogP contribution in [0.3, 0.4) is 0 Å². The number of nitrogens with zero attached hydrogens (tertiary/aromatic N) is 4. The van der Waals surface area contributed by atoms with Gasteiger partial charge >= 0.3 is 0 Å². The molecule has 1 saturated heterocycles. The Bertz CT molecular complexity index is 664. The van der Waals surface area contributed by atoms with E-state index in [9.17, 15) is 0 Å². The van der Waals surface area contributed by atoms with Gasteiger partial charge < -0.3 is 5.32 Å². The second-order valence-corrected chi connectivity index (χ2v) is 6.54. The van der Waals surface area contributed by atoms with Crippen molar-refractivity contribution in [2.24, 2.45) is 0 Å². The molecular weight excluding hydrogens is 286 g/mol. The maximum Gasteiger partial charge on any atom is 0.165 e. The molecule has 1 atom stereocenters. The lowest BCUT2D eigenvalue weighted by Crippen LogP contribution is -2.42. The molecule has 5 nitrogen and oxygen atoms in total. The van der Waals surface area contributed by atoms with Gasteiger partial charge in [-0.3, -0.25) is 4.90 Å². The predicted octanol–water partition coefficient (Wildman–Crippen LogP) is 3.32. The van der Waals surface area contributed by atoms with Gasteiger partial charge in [-0.25, -0.2) is 15.0 Å². The highest BCUT2D eigenvalue weighted by Crippen LogP contribution is 2.23. The topological polar surface area (TPSA) is 53.9 Å². The molecule has 5 heteroatoms. The lowest BCUT2D eigenvalue weighted by molar-refractivity contribution is 0.166. The maximum atomic E-state index is 4.53. The molecule has 0 aromatic carbocycles. The molecule has 0 saturated carbocycles. The predicted molar refractivity (Wildman–Crippen MR) is 94.8 cm³/mol. The molecule has 3 heterocycles. The molecular formula is C18H27N5. The first-order valence-electron chi connectivity index (χ1n) is 8.76. The SMILES string of the molecule is CCC(CNc1ncnc2nc(C)cc(C)c12)N1CCCCC1. The van der Waals surface area contributed by atoms with Gasteiger partial charge in [0.15, 0.2) is 5.65 Å². The molecule has 2 aromatic rings. The Morgan fingerprint density at radius 2 is 1.96 bits per heavy atom. The van der Waals surface area contributed by atoms with Gasteiger partial charge in [0, 0.05) is 18.3 Å². The van der Waals surface area contributed by atoms with E-state index >= 15 is 0 Å². The largest absolute Gasteiger partial charge is 0.368 e. The summed E-state index contributed by atoms with van der Waals surface area (Å²) >= 11 is 0. The first-order valence-corrected chi connectivity index (χ1v) is 8.76. The zero-order valence-corrected chi connectivity index (χ0v) is 14.5. The van der Waals surface area contributed by atoms with Crippen LogP contribution in [-0.4, -0.2) is 45.5 Å². The minimum absolute atomic E-state index is 0.569. The number of aryl methyl sites for hydroxylation is 2. The van der Waals surface area contributed by atoms with Crippen molar-refractivity contribution in [1.82, 2.24) is 19.9 Å². The van der Waals surface area contributed by atoms with Crippen molar-refractivity contribution in [3.8, 4) is 0 Å². The number of fused-ring (bicyclic) bond motifs is 1. The van der Waals surface area contributed by atoms with Crippen molar-refractivity contribution in [2.45, 2.75) is 52.5 Å². The number of rotatable bonds is 5. The Hall–Kier alpha value is -1.75. The average molecular weight is 313 g/mol. The second kappa shape index (κ2) is 7.21. The first-order chi connectivity index (χ1) is 11.2. The van der Waals surface area contributed by atoms with E-state index in [4.69, 9.17) is 0 Å². The van der Waals surface area contributed by atoms with E-state index in [-0.39, 0.29) is 0 Å². The van der Waals surface area contributed by atoms with Crippen LogP contribution in [0.25, 0.3) is 11.0 Å². The van der Waals surface area contributed by atoms with Crippen LogP contribution in [0.15, 0.2) is 12.4 Å². The van der Waals surface area contributed by atoms with Crippen LogP contribution in [0.1, 0.15) is 43.9 Å². The summed E-state index contributed by atoms with van der Waals surface area (Å²) in [4.78, 5) is 15.9. The Morgan fingerprint density at radius 3 is 2.70 bits per heavy atom. The van der Waals surface area contributed by atoms with Gasteiger partial charge in [-0.1, -0.05) is 13.3 Å². The number of aromatic nitrogens is 3. The maximum absolute atomic E-state index is 4.53. The Morgan fingerprint density at radius 1 is 1.17 bits per heavy atom. The standard InChI is InChI=1S/C18H27N5/c1-4-15(23-8-6-5-7-9-23)11-19-17-16-13(2)10-14(3)22-18(16)21-12-20-17/h10,12,15H,4-9,11H2,1-3H3,(H,19,20,21,22). The lowest BCUT2D eigenvalue weighted by Gasteiger charge is -2.34. The highest BCUT2D eigenvalue weighted by Gasteiger charge is 2.19. The molecule has 23 heavy (non-hydrogen) atoms.